The van der Waals surface area contributed by atoms with E-state index >= 15 is 0 Å². The first-order valence-electron chi connectivity index (χ1n) is 3.91. The number of anilines is 1. The van der Waals surface area contributed by atoms with E-state index in [1.807, 2.05) is 35.7 Å². The molecule has 0 bridgehead atoms. The maximum Gasteiger partial charge on any atom is 0.0331 e. The Morgan fingerprint density at radius 1 is 1.38 bits per heavy atom. The molecule has 0 heterocycles. The molecule has 1 nitrogen and oxygen atoms in total. The Labute approximate surface area is 96.0 Å². The van der Waals surface area contributed by atoms with Crippen LogP contribution >= 0.6 is 39.5 Å². The lowest BCUT2D eigenvalue weighted by Gasteiger charge is -2.03. The zero-order valence-corrected chi connectivity index (χ0v) is 10.6. The number of nitrogens with two attached hydrogens (primary N) is 1. The van der Waals surface area contributed by atoms with Gasteiger partial charge < -0.3 is 5.73 Å². The molecule has 4 heteroatoms. The van der Waals surface area contributed by atoms with Gasteiger partial charge in [-0.25, -0.2) is 0 Å². The summed E-state index contributed by atoms with van der Waals surface area (Å²) in [7, 11) is 0. The van der Waals surface area contributed by atoms with E-state index in [2.05, 4.69) is 28.3 Å². The third kappa shape index (κ3) is 3.83. The van der Waals surface area contributed by atoms with Gasteiger partial charge >= 0.3 is 0 Å². The molecule has 1 rings (SSSR count). The molecule has 13 heavy (non-hydrogen) atoms. The number of hydrogen-bond donors (Lipinski definition) is 1. The molecule has 0 fully saturated rings. The number of thioether (sulfide) groups is 2. The largest absolute Gasteiger partial charge is 0.399 e. The van der Waals surface area contributed by atoms with Gasteiger partial charge in [0.05, 0.1) is 0 Å². The summed E-state index contributed by atoms with van der Waals surface area (Å²) in [6.45, 7) is 0. The zero-order valence-electron chi connectivity index (χ0n) is 7.42. The fourth-order valence-corrected chi connectivity index (χ4v) is 3.19. The molecule has 1 aromatic carbocycles. The van der Waals surface area contributed by atoms with Crippen molar-refractivity contribution in [3.8, 4) is 0 Å². The van der Waals surface area contributed by atoms with Crippen LogP contribution in [-0.4, -0.2) is 17.8 Å². The molecule has 0 radical (unpaired) electrons. The molecule has 0 aliphatic carbocycles. The minimum atomic E-state index is 0.807. The predicted molar refractivity (Wildman–Crippen MR) is 67.7 cm³/mol. The summed E-state index contributed by atoms with van der Waals surface area (Å²) in [5.41, 5.74) is 6.45. The van der Waals surface area contributed by atoms with Crippen LogP contribution in [0.15, 0.2) is 27.6 Å². The molecule has 0 amide bonds. The molecule has 1 aromatic rings. The van der Waals surface area contributed by atoms with Crippen LogP contribution in [0.1, 0.15) is 0 Å². The molecule has 0 unspecified atom stereocenters. The first-order valence-corrected chi connectivity index (χ1v) is 7.08. The molecular formula is C9H12BrNS2. The highest BCUT2D eigenvalue weighted by atomic mass is 79.9. The van der Waals surface area contributed by atoms with Crippen LogP contribution < -0.4 is 5.73 Å². The average Bonchev–Trinajstić information content (AvgIpc) is 2.09. The van der Waals surface area contributed by atoms with E-state index in [0.29, 0.717) is 0 Å². The van der Waals surface area contributed by atoms with Gasteiger partial charge in [0.15, 0.2) is 0 Å². The van der Waals surface area contributed by atoms with Gasteiger partial charge in [0, 0.05) is 26.6 Å². The Balaban J connectivity index is 2.56. The highest BCUT2D eigenvalue weighted by molar-refractivity contribution is 9.10. The van der Waals surface area contributed by atoms with E-state index in [-0.39, 0.29) is 0 Å². The predicted octanol–water partition coefficient (Wildman–Crippen LogP) is 3.49. The number of halogens is 1. The van der Waals surface area contributed by atoms with E-state index in [9.17, 15) is 0 Å². The van der Waals surface area contributed by atoms with E-state index in [0.717, 1.165) is 15.9 Å². The second kappa shape index (κ2) is 5.83. The Morgan fingerprint density at radius 2 is 2.15 bits per heavy atom. The minimum Gasteiger partial charge on any atom is -0.399 e. The third-order valence-corrected chi connectivity index (χ3v) is 4.37. The maximum absolute atomic E-state index is 5.64. The van der Waals surface area contributed by atoms with Crippen LogP contribution in [0.4, 0.5) is 5.69 Å². The number of rotatable bonds is 4. The van der Waals surface area contributed by atoms with Gasteiger partial charge in [-0.1, -0.05) is 0 Å². The lowest BCUT2D eigenvalue weighted by atomic mass is 10.3. The molecule has 0 aliphatic rings. The number of hydrogen-bond acceptors (Lipinski definition) is 3. The third-order valence-electron chi connectivity index (χ3n) is 1.50. The first-order chi connectivity index (χ1) is 6.24. The maximum atomic E-state index is 5.64. The molecule has 0 aliphatic heterocycles. The molecule has 0 atom stereocenters. The van der Waals surface area contributed by atoms with E-state index in [1.54, 1.807) is 0 Å². The zero-order chi connectivity index (χ0) is 9.68. The van der Waals surface area contributed by atoms with Crippen molar-refractivity contribution in [3.63, 3.8) is 0 Å². The van der Waals surface area contributed by atoms with Crippen LogP contribution in [0, 0.1) is 0 Å². The second-order valence-corrected chi connectivity index (χ2v) is 5.51. The van der Waals surface area contributed by atoms with Gasteiger partial charge in [0.25, 0.3) is 0 Å². The van der Waals surface area contributed by atoms with E-state index in [1.165, 1.54) is 10.6 Å². The highest BCUT2D eigenvalue weighted by Crippen LogP contribution is 2.29. The van der Waals surface area contributed by atoms with Crippen molar-refractivity contribution < 1.29 is 0 Å². The molecule has 0 spiro atoms. The van der Waals surface area contributed by atoms with Crippen LogP contribution in [0.5, 0.6) is 0 Å². The monoisotopic (exact) mass is 277 g/mol. The number of nitrogen functional groups attached to an aromatic ring is 1. The molecule has 0 aromatic heterocycles. The molecular weight excluding hydrogens is 266 g/mol. The summed E-state index contributed by atoms with van der Waals surface area (Å²) in [6.07, 6.45) is 2.12. The van der Waals surface area contributed by atoms with Gasteiger partial charge in [0.2, 0.25) is 0 Å². The average molecular weight is 278 g/mol. The van der Waals surface area contributed by atoms with Crippen LogP contribution in [0.3, 0.4) is 0 Å². The Morgan fingerprint density at radius 3 is 2.77 bits per heavy atom. The van der Waals surface area contributed by atoms with Crippen molar-refractivity contribution in [2.75, 3.05) is 23.5 Å². The van der Waals surface area contributed by atoms with E-state index < -0.39 is 0 Å². The standard InChI is InChI=1S/C9H12BrNS2/c1-12-4-5-13-9-3-2-7(11)6-8(9)10/h2-3,6H,4-5,11H2,1H3. The summed E-state index contributed by atoms with van der Waals surface area (Å²) in [6, 6.07) is 5.94. The van der Waals surface area contributed by atoms with Crippen molar-refractivity contribution in [3.05, 3.63) is 22.7 Å². The second-order valence-electron chi connectivity index (χ2n) is 2.53. The lowest BCUT2D eigenvalue weighted by molar-refractivity contribution is 1.39. The SMILES string of the molecule is CSCCSc1ccc(N)cc1Br. The molecule has 2 N–H and O–H groups in total. The van der Waals surface area contributed by atoms with Crippen molar-refractivity contribution in [2.45, 2.75) is 4.90 Å². The van der Waals surface area contributed by atoms with Gasteiger partial charge in [-0.15, -0.1) is 11.8 Å². The Kier molecular flexibility index (Phi) is 5.06. The van der Waals surface area contributed by atoms with Crippen molar-refractivity contribution >= 4 is 45.1 Å². The normalized spacial score (nSPS) is 10.3. The summed E-state index contributed by atoms with van der Waals surface area (Å²) < 4.78 is 1.10. The van der Waals surface area contributed by atoms with Crippen LogP contribution in [-0.2, 0) is 0 Å². The quantitative estimate of drug-likeness (QED) is 0.518. The minimum absolute atomic E-state index is 0.807. The molecule has 0 saturated carbocycles. The fraction of sp³-hybridized carbons (Fsp3) is 0.333. The van der Waals surface area contributed by atoms with E-state index in [4.69, 9.17) is 5.73 Å². The molecule has 0 saturated heterocycles. The smallest absolute Gasteiger partial charge is 0.0331 e. The number of benzene rings is 1. The summed E-state index contributed by atoms with van der Waals surface area (Å²) in [4.78, 5) is 1.27. The topological polar surface area (TPSA) is 26.0 Å². The van der Waals surface area contributed by atoms with Crippen molar-refractivity contribution in [1.82, 2.24) is 0 Å². The Bertz CT molecular complexity index is 278. The van der Waals surface area contributed by atoms with Gasteiger partial charge in [0.1, 0.15) is 0 Å². The van der Waals surface area contributed by atoms with Gasteiger partial charge in [-0.2, -0.15) is 11.8 Å². The van der Waals surface area contributed by atoms with Crippen LogP contribution in [0.25, 0.3) is 0 Å². The van der Waals surface area contributed by atoms with Crippen molar-refractivity contribution in [2.24, 2.45) is 0 Å². The Hall–Kier alpha value is 0.200. The first kappa shape index (κ1) is 11.3. The summed E-state index contributed by atoms with van der Waals surface area (Å²) in [5, 5.41) is 0. The lowest BCUT2D eigenvalue weighted by Crippen LogP contribution is -1.87. The highest BCUT2D eigenvalue weighted by Gasteiger charge is 1.99. The van der Waals surface area contributed by atoms with Crippen LogP contribution in [0.2, 0.25) is 0 Å². The van der Waals surface area contributed by atoms with Gasteiger partial charge in [-0.05, 0) is 40.4 Å². The summed E-state index contributed by atoms with van der Waals surface area (Å²) in [5.74, 6) is 2.32. The fourth-order valence-electron chi connectivity index (χ4n) is 0.869. The summed E-state index contributed by atoms with van der Waals surface area (Å²) >= 11 is 7.22. The molecule has 72 valence electrons. The van der Waals surface area contributed by atoms with Crippen molar-refractivity contribution in [1.29, 1.82) is 0 Å². The van der Waals surface area contributed by atoms with Gasteiger partial charge in [-0.3, -0.25) is 0 Å².